The average Bonchev–Trinajstić information content (AvgIpc) is 3.26. The first-order valence-electron chi connectivity index (χ1n) is 14.1. The van der Waals surface area contributed by atoms with Crippen LogP contribution in [0.3, 0.4) is 0 Å². The predicted octanol–water partition coefficient (Wildman–Crippen LogP) is 5.50. The lowest BCUT2D eigenvalue weighted by Crippen LogP contribution is -2.58. The molecule has 0 aromatic carbocycles. The van der Waals surface area contributed by atoms with Crippen molar-refractivity contribution >= 4 is 11.9 Å². The van der Waals surface area contributed by atoms with Crippen molar-refractivity contribution in [3.8, 4) is 0 Å². The Morgan fingerprint density at radius 1 is 0.706 bits per heavy atom. The first kappa shape index (κ1) is 24.6. The van der Waals surface area contributed by atoms with Gasteiger partial charge in [-0.05, 0) is 80.5 Å². The van der Waals surface area contributed by atoms with E-state index < -0.39 is 0 Å². The van der Waals surface area contributed by atoms with Gasteiger partial charge in [0.2, 0.25) is 0 Å². The molecule has 0 amide bonds. The van der Waals surface area contributed by atoms with Gasteiger partial charge in [0.25, 0.3) is 0 Å². The van der Waals surface area contributed by atoms with E-state index in [2.05, 4.69) is 41.5 Å². The number of ether oxygens (including phenoxy) is 2. The van der Waals surface area contributed by atoms with Crippen molar-refractivity contribution in [1.29, 1.82) is 0 Å². The van der Waals surface area contributed by atoms with E-state index in [-0.39, 0.29) is 45.8 Å². The zero-order valence-corrected chi connectivity index (χ0v) is 22.6. The molecule has 34 heavy (non-hydrogen) atoms. The number of fused-ring (bicyclic) bond motifs is 4. The normalized spacial score (nSPS) is 43.1. The number of nitrogens with zero attached hydrogens (tertiary/aromatic N) is 1. The van der Waals surface area contributed by atoms with Gasteiger partial charge < -0.3 is 14.0 Å². The van der Waals surface area contributed by atoms with Crippen LogP contribution in [0.1, 0.15) is 99.3 Å². The molecule has 5 nitrogen and oxygen atoms in total. The molecule has 0 unspecified atom stereocenters. The van der Waals surface area contributed by atoms with Gasteiger partial charge in [-0.1, -0.05) is 41.5 Å². The molecule has 4 bridgehead atoms. The highest BCUT2D eigenvalue weighted by Crippen LogP contribution is 2.67. The van der Waals surface area contributed by atoms with Crippen molar-refractivity contribution < 1.29 is 23.5 Å². The Kier molecular flexibility index (Phi) is 5.75. The van der Waals surface area contributed by atoms with Crippen LogP contribution in [0.15, 0.2) is 0 Å². The van der Waals surface area contributed by atoms with Crippen molar-refractivity contribution in [2.24, 2.45) is 33.5 Å². The Morgan fingerprint density at radius 3 is 1.44 bits per heavy atom. The third kappa shape index (κ3) is 3.50. The summed E-state index contributed by atoms with van der Waals surface area (Å²) in [6, 6.07) is 0. The second-order valence-electron chi connectivity index (χ2n) is 14.3. The summed E-state index contributed by atoms with van der Waals surface area (Å²) in [6.45, 7) is 16.4. The maximum Gasteiger partial charge on any atom is 0.362 e. The van der Waals surface area contributed by atoms with Gasteiger partial charge >= 0.3 is 11.9 Å². The largest absolute Gasteiger partial charge is 0.458 e. The molecule has 4 aliphatic carbocycles. The molecule has 192 valence electrons. The van der Waals surface area contributed by atoms with Crippen LogP contribution >= 0.6 is 0 Å². The number of hydrogen-bond donors (Lipinski definition) is 0. The molecular formula is C29H48NO4+. The number of rotatable bonds is 6. The van der Waals surface area contributed by atoms with Gasteiger partial charge in [-0.3, -0.25) is 0 Å². The molecule has 1 aliphatic heterocycles. The van der Waals surface area contributed by atoms with Crippen LogP contribution in [0.2, 0.25) is 0 Å². The molecule has 1 saturated heterocycles. The highest BCUT2D eigenvalue weighted by atomic mass is 16.6. The van der Waals surface area contributed by atoms with Crippen LogP contribution in [0.5, 0.6) is 0 Å². The average molecular weight is 475 g/mol. The quantitative estimate of drug-likeness (QED) is 0.377. The summed E-state index contributed by atoms with van der Waals surface area (Å²) in [6.07, 6.45) is 10.1. The molecule has 0 aromatic heterocycles. The summed E-state index contributed by atoms with van der Waals surface area (Å²) in [5.41, 5.74) is 0.597. The Bertz CT molecular complexity index is 781. The van der Waals surface area contributed by atoms with Crippen LogP contribution in [0.4, 0.5) is 0 Å². The number of likely N-dealkylation sites (tertiary alicyclic amines) is 1. The molecule has 5 heteroatoms. The molecular weight excluding hydrogens is 426 g/mol. The molecule has 1 heterocycles. The highest BCUT2D eigenvalue weighted by molar-refractivity contribution is 5.73. The molecule has 4 saturated carbocycles. The van der Waals surface area contributed by atoms with Gasteiger partial charge in [-0.15, -0.1) is 0 Å². The number of hydrogen-bond acceptors (Lipinski definition) is 4. The van der Waals surface area contributed by atoms with E-state index in [0.717, 1.165) is 51.6 Å². The fourth-order valence-corrected chi connectivity index (χ4v) is 9.11. The first-order valence-corrected chi connectivity index (χ1v) is 14.1. The monoisotopic (exact) mass is 474 g/mol. The Hall–Kier alpha value is -1.10. The van der Waals surface area contributed by atoms with E-state index in [9.17, 15) is 9.59 Å². The Morgan fingerprint density at radius 2 is 1.12 bits per heavy atom. The minimum Gasteiger partial charge on any atom is -0.458 e. The molecule has 0 spiro atoms. The predicted molar refractivity (Wildman–Crippen MR) is 132 cm³/mol. The summed E-state index contributed by atoms with van der Waals surface area (Å²) in [7, 11) is 0. The van der Waals surface area contributed by atoms with E-state index in [0.29, 0.717) is 29.4 Å². The van der Waals surface area contributed by atoms with Crippen LogP contribution in [0, 0.1) is 33.5 Å². The third-order valence-corrected chi connectivity index (χ3v) is 12.7. The van der Waals surface area contributed by atoms with E-state index >= 15 is 0 Å². The molecule has 5 rings (SSSR count). The maximum atomic E-state index is 13.3. The third-order valence-electron chi connectivity index (χ3n) is 12.7. The number of esters is 2. The van der Waals surface area contributed by atoms with Crippen molar-refractivity contribution in [3.63, 3.8) is 0 Å². The molecule has 6 atom stereocenters. The van der Waals surface area contributed by atoms with Gasteiger partial charge in [-0.25, -0.2) is 9.59 Å². The second kappa shape index (κ2) is 7.95. The molecule has 0 aromatic rings. The van der Waals surface area contributed by atoms with E-state index in [1.165, 1.54) is 19.3 Å². The summed E-state index contributed by atoms with van der Waals surface area (Å²) in [5.74, 6) is 1.07. The van der Waals surface area contributed by atoms with E-state index in [4.69, 9.17) is 9.47 Å². The first-order chi connectivity index (χ1) is 15.8. The van der Waals surface area contributed by atoms with Gasteiger partial charge in [0, 0.05) is 10.8 Å². The fraction of sp³-hybridized carbons (Fsp3) is 0.931. The summed E-state index contributed by atoms with van der Waals surface area (Å²) in [5, 5.41) is 0. The van der Waals surface area contributed by atoms with Crippen molar-refractivity contribution in [1.82, 2.24) is 0 Å². The van der Waals surface area contributed by atoms with Crippen LogP contribution in [0.25, 0.3) is 0 Å². The zero-order chi connectivity index (χ0) is 24.6. The topological polar surface area (TPSA) is 52.6 Å². The van der Waals surface area contributed by atoms with Crippen LogP contribution in [-0.2, 0) is 19.1 Å². The molecule has 0 radical (unpaired) electrons. The fourth-order valence-electron chi connectivity index (χ4n) is 9.11. The molecule has 5 fully saturated rings. The Balaban J connectivity index is 1.23. The summed E-state index contributed by atoms with van der Waals surface area (Å²) >= 11 is 0. The van der Waals surface area contributed by atoms with Gasteiger partial charge in [0.1, 0.15) is 12.2 Å². The summed E-state index contributed by atoms with van der Waals surface area (Å²) < 4.78 is 12.9. The van der Waals surface area contributed by atoms with Crippen molar-refractivity contribution in [2.75, 3.05) is 26.2 Å². The van der Waals surface area contributed by atoms with Crippen molar-refractivity contribution in [3.05, 3.63) is 0 Å². The zero-order valence-electron chi connectivity index (χ0n) is 22.6. The SMILES string of the molecule is CC1(C)[C@H]2CC[C@@]1(C)[C@@H](OC(=O)C[N+]1(CC(=O)O[C@H]3C[C@@H]4CC[C@]3(C)C4(C)C)CCCCC1)C2. The lowest BCUT2D eigenvalue weighted by atomic mass is 9.70. The summed E-state index contributed by atoms with van der Waals surface area (Å²) in [4.78, 5) is 26.6. The maximum absolute atomic E-state index is 13.3. The number of carbonyl (C=O) groups excluding carboxylic acids is 2. The van der Waals surface area contributed by atoms with Crippen LogP contribution in [-0.4, -0.2) is 54.8 Å². The van der Waals surface area contributed by atoms with Crippen molar-refractivity contribution in [2.45, 2.75) is 112 Å². The smallest absolute Gasteiger partial charge is 0.362 e. The highest BCUT2D eigenvalue weighted by Gasteiger charge is 2.64. The number of quaternary nitrogens is 1. The van der Waals surface area contributed by atoms with E-state index in [1.807, 2.05) is 0 Å². The molecule has 0 N–H and O–H groups in total. The lowest BCUT2D eigenvalue weighted by molar-refractivity contribution is -0.919. The number of piperidine rings is 1. The lowest BCUT2D eigenvalue weighted by Gasteiger charge is -2.42. The van der Waals surface area contributed by atoms with Crippen LogP contribution < -0.4 is 0 Å². The van der Waals surface area contributed by atoms with Gasteiger partial charge in [-0.2, -0.15) is 0 Å². The van der Waals surface area contributed by atoms with Gasteiger partial charge in [0.05, 0.1) is 13.1 Å². The standard InChI is InChI=1S/C29H48NO4/c1-26(2)20-10-12-28(26,5)22(16-20)33-24(31)18-30(14-8-7-9-15-30)19-25(32)34-23-17-21-11-13-29(23,6)27(21,3)4/h20-23H,7-19H2,1-6H3/q+1/t20-,21-,22-,23-,28-,29-/m0/s1. The minimum absolute atomic E-state index is 0.0155. The van der Waals surface area contributed by atoms with Gasteiger partial charge in [0.15, 0.2) is 13.1 Å². The Labute approximate surface area is 206 Å². The number of carbonyl (C=O) groups is 2. The molecule has 5 aliphatic rings. The van der Waals surface area contributed by atoms with E-state index in [1.54, 1.807) is 0 Å². The second-order valence-corrected chi connectivity index (χ2v) is 14.3. The minimum atomic E-state index is -0.114.